The average molecular weight is 590 g/mol. The first-order valence-electron chi connectivity index (χ1n) is 15.3. The van der Waals surface area contributed by atoms with Crippen LogP contribution in [0.3, 0.4) is 0 Å². The van der Waals surface area contributed by atoms with Crippen LogP contribution in [0, 0.1) is 0 Å². The summed E-state index contributed by atoms with van der Waals surface area (Å²) in [6, 6.07) is 47.5. The van der Waals surface area contributed by atoms with Crippen LogP contribution in [0.15, 0.2) is 140 Å². The van der Waals surface area contributed by atoms with Gasteiger partial charge in [0.05, 0.1) is 31.4 Å². The molecule has 3 nitrogen and oxygen atoms in total. The lowest BCUT2D eigenvalue weighted by atomic mass is 9.70. The molecule has 9 aromatic rings. The molecule has 0 bridgehead atoms. The summed E-state index contributed by atoms with van der Waals surface area (Å²) in [5, 5.41) is 3.69. The summed E-state index contributed by atoms with van der Waals surface area (Å²) in [5.41, 5.74) is 15.0. The molecule has 11 rings (SSSR count). The van der Waals surface area contributed by atoms with E-state index in [9.17, 15) is 0 Å². The third kappa shape index (κ3) is 2.78. The van der Waals surface area contributed by atoms with Gasteiger partial charge in [-0.2, -0.15) is 0 Å². The fourth-order valence-corrected chi connectivity index (χ4v) is 9.68. The van der Waals surface area contributed by atoms with Crippen molar-refractivity contribution < 1.29 is 0 Å². The number of nitrogens with zero attached hydrogens (tertiary/aromatic N) is 3. The first-order chi connectivity index (χ1) is 22.3. The van der Waals surface area contributed by atoms with Crippen LogP contribution in [0.2, 0.25) is 0 Å². The lowest BCUT2D eigenvalue weighted by Crippen LogP contribution is -2.26. The van der Waals surface area contributed by atoms with Gasteiger partial charge in [0.25, 0.3) is 0 Å². The number of thiophene rings is 1. The van der Waals surface area contributed by atoms with Gasteiger partial charge in [0.1, 0.15) is 6.33 Å². The molecule has 4 heteroatoms. The molecule has 2 aliphatic carbocycles. The summed E-state index contributed by atoms with van der Waals surface area (Å²) in [6.45, 7) is 0. The van der Waals surface area contributed by atoms with Crippen molar-refractivity contribution >= 4 is 53.4 Å². The predicted octanol–water partition coefficient (Wildman–Crippen LogP) is 10.3. The molecule has 0 saturated heterocycles. The maximum absolute atomic E-state index is 4.68. The zero-order chi connectivity index (χ0) is 29.3. The lowest BCUT2D eigenvalue weighted by Gasteiger charge is -2.30. The average Bonchev–Trinajstić information content (AvgIpc) is 3.82. The van der Waals surface area contributed by atoms with E-state index in [-0.39, 0.29) is 5.41 Å². The zero-order valence-electron chi connectivity index (χ0n) is 24.0. The maximum atomic E-state index is 4.68. The Kier molecular flexibility index (Phi) is 4.40. The Morgan fingerprint density at radius 1 is 0.556 bits per heavy atom. The fraction of sp³-hybridized carbons (Fsp3) is 0.0244. The van der Waals surface area contributed by atoms with Crippen molar-refractivity contribution in [2.24, 2.45) is 0 Å². The first kappa shape index (κ1) is 23.8. The lowest BCUT2D eigenvalue weighted by molar-refractivity contribution is 0.792. The van der Waals surface area contributed by atoms with Crippen LogP contribution in [0.25, 0.3) is 70.0 Å². The molecule has 3 heterocycles. The Balaban J connectivity index is 1.29. The second-order valence-corrected chi connectivity index (χ2v) is 13.2. The van der Waals surface area contributed by atoms with Crippen molar-refractivity contribution in [1.82, 2.24) is 14.5 Å². The Hall–Kier alpha value is -5.58. The third-order valence-electron chi connectivity index (χ3n) is 10.2. The molecule has 208 valence electrons. The van der Waals surface area contributed by atoms with Crippen LogP contribution in [-0.2, 0) is 5.41 Å². The molecule has 1 spiro atoms. The van der Waals surface area contributed by atoms with E-state index in [1.54, 1.807) is 17.7 Å². The second kappa shape index (κ2) is 8.32. The quantitative estimate of drug-likeness (QED) is 0.191. The minimum Gasteiger partial charge on any atom is -0.308 e. The van der Waals surface area contributed by atoms with Crippen LogP contribution in [0.4, 0.5) is 0 Å². The molecule has 0 aliphatic heterocycles. The predicted molar refractivity (Wildman–Crippen MR) is 186 cm³/mol. The number of hydrogen-bond donors (Lipinski definition) is 0. The van der Waals surface area contributed by atoms with Gasteiger partial charge in [-0.05, 0) is 62.7 Å². The second-order valence-electron chi connectivity index (χ2n) is 12.1. The Morgan fingerprint density at radius 3 is 1.91 bits per heavy atom. The standard InChI is InChI=1S/C41H23N3S/c1-5-13-32-25(9-1)26-10-2-6-14-33(26)41(32)34-15-7-3-11-27(34)28-18-17-24(21-35(28)41)44-36-16-8-4-12-29(36)30-19-20-31-38-37(22-42-23-43-38)45-40(31)39(30)44/h1-23H. The number of para-hydroxylation sites is 1. The molecule has 0 radical (unpaired) electrons. The minimum absolute atomic E-state index is 0.379. The molecular weight excluding hydrogens is 567 g/mol. The maximum Gasteiger partial charge on any atom is 0.116 e. The minimum atomic E-state index is -0.379. The van der Waals surface area contributed by atoms with Gasteiger partial charge in [0.2, 0.25) is 0 Å². The summed E-state index contributed by atoms with van der Waals surface area (Å²) >= 11 is 1.78. The Morgan fingerprint density at radius 2 is 1.18 bits per heavy atom. The van der Waals surface area contributed by atoms with Crippen molar-refractivity contribution in [3.05, 3.63) is 162 Å². The number of rotatable bonds is 1. The molecule has 0 N–H and O–H groups in total. The van der Waals surface area contributed by atoms with E-state index in [1.165, 1.54) is 82.1 Å². The molecule has 0 saturated carbocycles. The Bertz CT molecular complexity index is 2670. The largest absolute Gasteiger partial charge is 0.308 e. The molecule has 2 aliphatic rings. The summed E-state index contributed by atoms with van der Waals surface area (Å²) < 4.78 is 4.84. The number of fused-ring (bicyclic) bond motifs is 17. The van der Waals surface area contributed by atoms with Crippen molar-refractivity contribution in [3.63, 3.8) is 0 Å². The van der Waals surface area contributed by atoms with Gasteiger partial charge >= 0.3 is 0 Å². The van der Waals surface area contributed by atoms with E-state index < -0.39 is 0 Å². The van der Waals surface area contributed by atoms with Gasteiger partial charge in [-0.1, -0.05) is 109 Å². The van der Waals surface area contributed by atoms with Crippen LogP contribution < -0.4 is 0 Å². The van der Waals surface area contributed by atoms with Crippen LogP contribution in [0.1, 0.15) is 22.3 Å². The molecule has 0 fully saturated rings. The highest BCUT2D eigenvalue weighted by atomic mass is 32.1. The van der Waals surface area contributed by atoms with Crippen molar-refractivity contribution in [3.8, 4) is 27.9 Å². The van der Waals surface area contributed by atoms with Gasteiger partial charge in [0, 0.05) is 28.0 Å². The van der Waals surface area contributed by atoms with Crippen molar-refractivity contribution in [2.75, 3.05) is 0 Å². The molecule has 0 amide bonds. The first-order valence-corrected chi connectivity index (χ1v) is 16.1. The van der Waals surface area contributed by atoms with Gasteiger partial charge < -0.3 is 4.57 Å². The van der Waals surface area contributed by atoms with E-state index in [0.717, 1.165) is 10.2 Å². The smallest absolute Gasteiger partial charge is 0.116 e. The summed E-state index contributed by atoms with van der Waals surface area (Å²) in [6.07, 6.45) is 3.60. The van der Waals surface area contributed by atoms with E-state index in [1.807, 2.05) is 6.20 Å². The fourth-order valence-electron chi connectivity index (χ4n) is 8.51. The van der Waals surface area contributed by atoms with E-state index in [2.05, 4.69) is 142 Å². The highest BCUT2D eigenvalue weighted by Gasteiger charge is 2.51. The van der Waals surface area contributed by atoms with E-state index in [4.69, 9.17) is 0 Å². The van der Waals surface area contributed by atoms with Gasteiger partial charge in [0.15, 0.2) is 0 Å². The molecule has 45 heavy (non-hydrogen) atoms. The summed E-state index contributed by atoms with van der Waals surface area (Å²) in [5.74, 6) is 0. The van der Waals surface area contributed by atoms with Gasteiger partial charge in [-0.15, -0.1) is 11.3 Å². The molecule has 6 aromatic carbocycles. The SMILES string of the molecule is c1ccc2c(c1)-c1ccccc1C21c2ccccc2-c2ccc(-n3c4ccccc4c4ccc5c6ncncc6sc5c43)cc21. The molecule has 0 atom stereocenters. The van der Waals surface area contributed by atoms with Crippen LogP contribution >= 0.6 is 11.3 Å². The summed E-state index contributed by atoms with van der Waals surface area (Å²) in [7, 11) is 0. The van der Waals surface area contributed by atoms with Crippen molar-refractivity contribution in [1.29, 1.82) is 0 Å². The molecule has 3 aromatic heterocycles. The number of hydrogen-bond acceptors (Lipinski definition) is 3. The highest BCUT2D eigenvalue weighted by molar-refractivity contribution is 7.26. The van der Waals surface area contributed by atoms with E-state index >= 15 is 0 Å². The molecular formula is C41H23N3S. The highest BCUT2D eigenvalue weighted by Crippen LogP contribution is 2.63. The topological polar surface area (TPSA) is 30.7 Å². The molecule has 0 unspecified atom stereocenters. The third-order valence-corrected chi connectivity index (χ3v) is 11.3. The normalized spacial score (nSPS) is 14.0. The number of aromatic nitrogens is 3. The van der Waals surface area contributed by atoms with Crippen molar-refractivity contribution in [2.45, 2.75) is 5.41 Å². The summed E-state index contributed by atoms with van der Waals surface area (Å²) in [4.78, 5) is 9.02. The number of benzene rings is 6. The van der Waals surface area contributed by atoms with Crippen LogP contribution in [-0.4, -0.2) is 14.5 Å². The zero-order valence-corrected chi connectivity index (χ0v) is 24.8. The van der Waals surface area contributed by atoms with Crippen LogP contribution in [0.5, 0.6) is 0 Å². The Labute approximate surface area is 262 Å². The van der Waals surface area contributed by atoms with Gasteiger partial charge in [-0.25, -0.2) is 9.97 Å². The monoisotopic (exact) mass is 589 g/mol. The van der Waals surface area contributed by atoms with Gasteiger partial charge in [-0.3, -0.25) is 0 Å². The van der Waals surface area contributed by atoms with E-state index in [0.29, 0.717) is 0 Å².